The van der Waals surface area contributed by atoms with Crippen LogP contribution in [0.15, 0.2) is 36.7 Å². The van der Waals surface area contributed by atoms with E-state index in [1.165, 1.54) is 13.4 Å². The van der Waals surface area contributed by atoms with Crippen LogP contribution >= 0.6 is 0 Å². The zero-order chi connectivity index (χ0) is 23.2. The third kappa shape index (κ3) is 3.74. The van der Waals surface area contributed by atoms with E-state index in [9.17, 15) is 5.11 Å². The van der Waals surface area contributed by atoms with Gasteiger partial charge in [0, 0.05) is 30.3 Å². The summed E-state index contributed by atoms with van der Waals surface area (Å²) >= 11 is 0. The first kappa shape index (κ1) is 21.4. The number of phenolic OH excluding ortho intramolecular Hbond substituents is 1. The SMILES string of the molecule is COc1ncnc(-c2ccc(-c3ccc(N(C)[C@H]4C5CC[C@](C)(NC5)[C@H]4F)nn3)c(O)c2)n1. The fraction of sp³-hybridized carbons (Fsp3) is 0.435. The molecule has 3 fully saturated rings. The molecular formula is C23H26FN7O2. The molecule has 172 valence electrons. The highest BCUT2D eigenvalue weighted by Crippen LogP contribution is 2.42. The monoisotopic (exact) mass is 451 g/mol. The number of halogens is 1. The number of methoxy groups -OCH3 is 1. The number of aromatic hydroxyl groups is 1. The van der Waals surface area contributed by atoms with E-state index >= 15 is 4.39 Å². The van der Waals surface area contributed by atoms with Crippen molar-refractivity contribution in [2.45, 2.75) is 37.5 Å². The van der Waals surface area contributed by atoms with E-state index in [0.29, 0.717) is 28.5 Å². The molecule has 6 rings (SSSR count). The van der Waals surface area contributed by atoms with Gasteiger partial charge in [0.15, 0.2) is 11.6 Å². The molecule has 2 aliphatic heterocycles. The molecule has 1 aromatic carbocycles. The third-order valence-electron chi connectivity index (χ3n) is 6.92. The van der Waals surface area contributed by atoms with Gasteiger partial charge < -0.3 is 20.1 Å². The molecule has 1 aliphatic carbocycles. The van der Waals surface area contributed by atoms with E-state index in [0.717, 1.165) is 19.4 Å². The molecule has 4 atom stereocenters. The number of phenols is 1. The van der Waals surface area contributed by atoms with Crippen molar-refractivity contribution in [3.05, 3.63) is 36.7 Å². The Morgan fingerprint density at radius 2 is 2.06 bits per heavy atom. The molecule has 3 aromatic rings. The number of ether oxygens (including phenoxy) is 1. The van der Waals surface area contributed by atoms with Gasteiger partial charge in [-0.2, -0.15) is 9.97 Å². The number of fused-ring (bicyclic) bond motifs is 3. The van der Waals surface area contributed by atoms with E-state index < -0.39 is 11.7 Å². The number of aromatic nitrogens is 5. The molecule has 10 heteroatoms. The first-order valence-electron chi connectivity index (χ1n) is 10.9. The molecular weight excluding hydrogens is 425 g/mol. The summed E-state index contributed by atoms with van der Waals surface area (Å²) in [4.78, 5) is 14.1. The van der Waals surface area contributed by atoms with Gasteiger partial charge >= 0.3 is 6.01 Å². The standard InChI is InChI=1S/C23H26FN7O2/c1-23-9-8-14(11-27-23)19(20(23)24)31(2)18-7-6-16(29-30-18)15-5-4-13(10-17(15)32)21-25-12-26-22(28-21)33-3/h4-7,10,12,14,19-20,27,32H,8-9,11H2,1-3H3/t14?,19-,20-,23-/m0/s1. The first-order chi connectivity index (χ1) is 15.9. The van der Waals surface area contributed by atoms with Crippen molar-refractivity contribution in [1.82, 2.24) is 30.5 Å². The van der Waals surface area contributed by atoms with Gasteiger partial charge in [0.2, 0.25) is 0 Å². The van der Waals surface area contributed by atoms with Gasteiger partial charge in [-0.25, -0.2) is 9.37 Å². The maximum Gasteiger partial charge on any atom is 0.319 e. The average molecular weight is 452 g/mol. The zero-order valence-electron chi connectivity index (χ0n) is 18.7. The van der Waals surface area contributed by atoms with Crippen LogP contribution in [0.2, 0.25) is 0 Å². The Morgan fingerprint density at radius 1 is 1.21 bits per heavy atom. The summed E-state index contributed by atoms with van der Waals surface area (Å²) in [5.41, 5.74) is 1.17. The van der Waals surface area contributed by atoms with Crippen molar-refractivity contribution in [2.75, 3.05) is 25.6 Å². The van der Waals surface area contributed by atoms with Gasteiger partial charge in [-0.1, -0.05) is 6.07 Å². The second-order valence-electron chi connectivity index (χ2n) is 8.90. The second-order valence-corrected chi connectivity index (χ2v) is 8.90. The molecule has 4 heterocycles. The molecule has 2 N–H and O–H groups in total. The van der Waals surface area contributed by atoms with Crippen molar-refractivity contribution in [3.8, 4) is 34.4 Å². The molecule has 1 unspecified atom stereocenters. The van der Waals surface area contributed by atoms with Crippen LogP contribution in [0.25, 0.3) is 22.6 Å². The number of hydrogen-bond donors (Lipinski definition) is 2. The number of anilines is 1. The van der Waals surface area contributed by atoms with Crippen LogP contribution in [-0.4, -0.2) is 68.7 Å². The maximum atomic E-state index is 15.3. The Bertz CT molecular complexity index is 1150. The van der Waals surface area contributed by atoms with E-state index in [4.69, 9.17) is 4.74 Å². The minimum absolute atomic E-state index is 0.0229. The molecule has 3 aliphatic rings. The molecule has 2 saturated heterocycles. The number of hydrogen-bond acceptors (Lipinski definition) is 9. The van der Waals surface area contributed by atoms with Crippen LogP contribution in [0.1, 0.15) is 19.8 Å². The lowest BCUT2D eigenvalue weighted by molar-refractivity contribution is 0.0102. The predicted molar refractivity (Wildman–Crippen MR) is 121 cm³/mol. The summed E-state index contributed by atoms with van der Waals surface area (Å²) in [5.74, 6) is 1.25. The Morgan fingerprint density at radius 3 is 2.73 bits per heavy atom. The van der Waals surface area contributed by atoms with Crippen LogP contribution in [0.4, 0.5) is 10.2 Å². The van der Waals surface area contributed by atoms with E-state index in [1.807, 2.05) is 24.9 Å². The predicted octanol–water partition coefficient (Wildman–Crippen LogP) is 2.62. The number of benzene rings is 1. The maximum absolute atomic E-state index is 15.3. The van der Waals surface area contributed by atoms with E-state index in [-0.39, 0.29) is 23.7 Å². The van der Waals surface area contributed by atoms with Gasteiger partial charge in [0.05, 0.1) is 18.8 Å². The first-order valence-corrected chi connectivity index (χ1v) is 10.9. The highest BCUT2D eigenvalue weighted by Gasteiger charge is 2.53. The summed E-state index contributed by atoms with van der Waals surface area (Å²) in [6.45, 7) is 2.77. The Kier molecular flexibility index (Phi) is 5.32. The van der Waals surface area contributed by atoms with Crippen LogP contribution < -0.4 is 15.0 Å². The lowest BCUT2D eigenvalue weighted by Crippen LogP contribution is -2.70. The Labute approximate surface area is 191 Å². The van der Waals surface area contributed by atoms with Crippen molar-refractivity contribution < 1.29 is 14.2 Å². The van der Waals surface area contributed by atoms with E-state index in [1.54, 1.807) is 24.3 Å². The Hall–Kier alpha value is -3.40. The van der Waals surface area contributed by atoms with Crippen molar-refractivity contribution in [3.63, 3.8) is 0 Å². The molecule has 0 radical (unpaired) electrons. The third-order valence-corrected chi connectivity index (χ3v) is 6.92. The van der Waals surface area contributed by atoms with Crippen LogP contribution in [0.3, 0.4) is 0 Å². The largest absolute Gasteiger partial charge is 0.507 e. The van der Waals surface area contributed by atoms with Gasteiger partial charge in [0.1, 0.15) is 18.2 Å². The molecule has 33 heavy (non-hydrogen) atoms. The van der Waals surface area contributed by atoms with Crippen molar-refractivity contribution in [1.29, 1.82) is 0 Å². The minimum atomic E-state index is -0.984. The summed E-state index contributed by atoms with van der Waals surface area (Å²) in [7, 11) is 3.35. The lowest BCUT2D eigenvalue weighted by atomic mass is 9.68. The summed E-state index contributed by atoms with van der Waals surface area (Å²) < 4.78 is 20.3. The number of rotatable bonds is 5. The van der Waals surface area contributed by atoms with Crippen molar-refractivity contribution >= 4 is 5.82 Å². The van der Waals surface area contributed by atoms with Gasteiger partial charge in [-0.15, -0.1) is 10.2 Å². The number of alkyl halides is 1. The Balaban J connectivity index is 1.37. The molecule has 0 spiro atoms. The van der Waals surface area contributed by atoms with E-state index in [2.05, 4.69) is 30.5 Å². The normalized spacial score (nSPS) is 26.2. The smallest absolute Gasteiger partial charge is 0.319 e. The molecule has 9 nitrogen and oxygen atoms in total. The zero-order valence-corrected chi connectivity index (χ0v) is 18.7. The topological polar surface area (TPSA) is 109 Å². The summed E-state index contributed by atoms with van der Waals surface area (Å²) in [5, 5.41) is 22.6. The van der Waals surface area contributed by atoms with Gasteiger partial charge in [-0.3, -0.25) is 0 Å². The number of nitrogens with one attached hydrogen (secondary N) is 1. The molecule has 1 saturated carbocycles. The molecule has 2 aromatic heterocycles. The second kappa shape index (κ2) is 8.18. The van der Waals surface area contributed by atoms with Crippen LogP contribution in [-0.2, 0) is 0 Å². The van der Waals surface area contributed by atoms with Crippen LogP contribution in [0.5, 0.6) is 11.8 Å². The molecule has 0 amide bonds. The summed E-state index contributed by atoms with van der Waals surface area (Å²) in [6.07, 6.45) is 2.21. The van der Waals surface area contributed by atoms with Gasteiger partial charge in [-0.05, 0) is 49.9 Å². The molecule has 2 bridgehead atoms. The van der Waals surface area contributed by atoms with Crippen molar-refractivity contribution in [2.24, 2.45) is 5.92 Å². The fourth-order valence-corrected chi connectivity index (χ4v) is 4.91. The van der Waals surface area contributed by atoms with Gasteiger partial charge in [0.25, 0.3) is 0 Å². The quantitative estimate of drug-likeness (QED) is 0.605. The van der Waals surface area contributed by atoms with Crippen LogP contribution in [0, 0.1) is 5.92 Å². The number of nitrogens with zero attached hydrogens (tertiary/aromatic N) is 6. The fourth-order valence-electron chi connectivity index (χ4n) is 4.91. The highest BCUT2D eigenvalue weighted by atomic mass is 19.1. The lowest BCUT2D eigenvalue weighted by Gasteiger charge is -2.54. The highest BCUT2D eigenvalue weighted by molar-refractivity contribution is 5.72. The number of piperidine rings is 2. The minimum Gasteiger partial charge on any atom is -0.507 e. The summed E-state index contributed by atoms with van der Waals surface area (Å²) in [6, 6.07) is 8.64. The average Bonchev–Trinajstić information content (AvgIpc) is 2.85.